The number of carboxylic acids is 2. The molecule has 0 saturated carbocycles. The summed E-state index contributed by atoms with van der Waals surface area (Å²) in [6.45, 7) is 11.8. The van der Waals surface area contributed by atoms with Gasteiger partial charge >= 0.3 is 11.9 Å². The number of aromatic carboxylic acids is 2. The Labute approximate surface area is 822 Å². The predicted molar refractivity (Wildman–Crippen MR) is 558 cm³/mol. The Hall–Kier alpha value is -14.8. The van der Waals surface area contributed by atoms with Gasteiger partial charge in [-0.2, -0.15) is 0 Å². The predicted octanol–water partition coefficient (Wildman–Crippen LogP) is 17.9. The summed E-state index contributed by atoms with van der Waals surface area (Å²) in [4.78, 5) is 81.7. The first kappa shape index (κ1) is 98.2. The van der Waals surface area contributed by atoms with Crippen LogP contribution in [-0.4, -0.2) is 157 Å². The van der Waals surface area contributed by atoms with Gasteiger partial charge in [0.2, 0.25) is 0 Å². The number of phenolic OH excluding ortho intramolecular Hbond substituents is 4. The molecule has 140 heavy (non-hydrogen) atoms. The molecular formula is C106H100N10O20S4. The van der Waals surface area contributed by atoms with Crippen molar-refractivity contribution in [1.82, 2.24) is 31.1 Å². The third kappa shape index (κ3) is 22.5. The number of aliphatic hydroxyl groups excluding tert-OH is 2. The van der Waals surface area contributed by atoms with Crippen molar-refractivity contribution in [2.45, 2.75) is 116 Å². The summed E-state index contributed by atoms with van der Waals surface area (Å²) in [5, 5.41) is 137. The first-order chi connectivity index (χ1) is 67.2. The maximum Gasteiger partial charge on any atom is 0.336 e. The number of benzene rings is 12. The van der Waals surface area contributed by atoms with Crippen molar-refractivity contribution < 1.29 is 78.3 Å². The lowest BCUT2D eigenvalue weighted by Gasteiger charge is -2.40. The number of fused-ring (bicyclic) bond motifs is 8. The number of thiocarbonyl (C=S) groups is 4. The molecule has 0 aromatic heterocycles. The fourth-order valence-corrected chi connectivity index (χ4v) is 19.4. The summed E-state index contributed by atoms with van der Waals surface area (Å²) in [5.74, 6) is -1.82. The molecule has 4 unspecified atom stereocenters. The van der Waals surface area contributed by atoms with Gasteiger partial charge in [-0.3, -0.25) is 29.0 Å². The summed E-state index contributed by atoms with van der Waals surface area (Å²) in [6.07, 6.45) is 1.60. The van der Waals surface area contributed by atoms with Crippen molar-refractivity contribution in [3.8, 4) is 113 Å². The lowest BCUT2D eigenvalue weighted by atomic mass is 9.90. The van der Waals surface area contributed by atoms with Gasteiger partial charge in [-0.1, -0.05) is 24.3 Å². The molecule has 8 aliphatic rings. The molecule has 4 aliphatic heterocycles. The number of aliphatic hydroxyl groups is 4. The fourth-order valence-electron chi connectivity index (χ4n) is 18.5. The van der Waals surface area contributed by atoms with Crippen LogP contribution in [0.5, 0.6) is 23.0 Å². The molecule has 718 valence electrons. The number of hydrogen-bond donors (Lipinski definition) is 18. The minimum atomic E-state index is -1.95. The zero-order valence-electron chi connectivity index (χ0n) is 76.2. The van der Waals surface area contributed by atoms with E-state index in [1.54, 1.807) is 109 Å². The van der Waals surface area contributed by atoms with Gasteiger partial charge in [0.25, 0.3) is 0 Å². The summed E-state index contributed by atoms with van der Waals surface area (Å²) in [6, 6.07) is 55.3. The zero-order valence-corrected chi connectivity index (χ0v) is 79.5. The van der Waals surface area contributed by atoms with Crippen LogP contribution in [0.2, 0.25) is 0 Å². The molecule has 8 aromatic rings. The molecule has 18 N–H and O–H groups in total. The van der Waals surface area contributed by atoms with Gasteiger partial charge in [-0.15, -0.1) is 0 Å². The SMILES string of the molecule is CC(CCCNC(=S)Nc1ccc(-c2c3ccc(=O)cc-3oc3cc(O)ccc23)c(C(=O)O)c1)N(CCN(C(C)CCCNC(=S)Nc1ccc(-c2c3ccc(=O)cc-3oc3cc(O)ccc23)c(C(O)O)c1)C(C)CCCNC(=S)Nc1ccc(-c2c3ccc(=O)cc-3oc3cc(O)ccc23)c(C(O)O)c1)C(C)CCCNC(=S)Nc1ccc(-c2c3ccc(=O)cc-3oc3cc(O)ccc23)c(C(=O)O)c1. The number of aromatic hydroxyl groups is 4. The van der Waals surface area contributed by atoms with Gasteiger partial charge in [0, 0.05) is 212 Å². The van der Waals surface area contributed by atoms with Crippen LogP contribution in [0.15, 0.2) is 255 Å². The fraction of sp³-hybridized carbons (Fsp3) is 0.226. The van der Waals surface area contributed by atoms with Gasteiger partial charge < -0.3 is 111 Å². The normalized spacial score (nSPS) is 12.6. The Morgan fingerprint density at radius 2 is 0.543 bits per heavy atom. The smallest absolute Gasteiger partial charge is 0.336 e. The van der Waals surface area contributed by atoms with E-state index in [9.17, 15) is 79.8 Å². The quantitative estimate of drug-likeness (QED) is 0.00759. The van der Waals surface area contributed by atoms with Gasteiger partial charge in [0.1, 0.15) is 68.4 Å². The van der Waals surface area contributed by atoms with Crippen LogP contribution in [0.25, 0.3) is 134 Å². The van der Waals surface area contributed by atoms with Crippen LogP contribution >= 0.6 is 48.9 Å². The van der Waals surface area contributed by atoms with E-state index in [0.717, 1.165) is 12.8 Å². The molecule has 4 heterocycles. The number of nitrogens with one attached hydrogen (secondary N) is 8. The van der Waals surface area contributed by atoms with Crippen LogP contribution in [0, 0.1) is 0 Å². The average molecular weight is 1960 g/mol. The molecule has 0 spiro atoms. The number of phenols is 4. The van der Waals surface area contributed by atoms with Gasteiger partial charge in [0.05, 0.1) is 11.1 Å². The van der Waals surface area contributed by atoms with Crippen LogP contribution in [0.1, 0.15) is 123 Å². The van der Waals surface area contributed by atoms with Crippen molar-refractivity contribution in [3.63, 3.8) is 0 Å². The first-order valence-electron chi connectivity index (χ1n) is 45.5. The van der Waals surface area contributed by atoms with Gasteiger partial charge in [-0.25, -0.2) is 9.59 Å². The van der Waals surface area contributed by atoms with Crippen molar-refractivity contribution in [3.05, 3.63) is 282 Å². The maximum atomic E-state index is 13.2. The Balaban J connectivity index is 0.618. The number of anilines is 4. The summed E-state index contributed by atoms with van der Waals surface area (Å²) < 4.78 is 24.2. The third-order valence-electron chi connectivity index (χ3n) is 25.2. The Morgan fingerprint density at radius 3 is 0.793 bits per heavy atom. The summed E-state index contributed by atoms with van der Waals surface area (Å²) in [7, 11) is 0. The van der Waals surface area contributed by atoms with Crippen molar-refractivity contribution in [1.29, 1.82) is 0 Å². The molecule has 4 atom stereocenters. The second-order valence-corrected chi connectivity index (χ2v) is 36.3. The van der Waals surface area contributed by atoms with E-state index in [0.29, 0.717) is 189 Å². The number of hydrogen-bond acceptors (Lipinski definition) is 24. The lowest BCUT2D eigenvalue weighted by Crippen LogP contribution is -2.49. The number of rotatable bonds is 35. The average Bonchev–Trinajstić information content (AvgIpc) is 0.759. The molecule has 30 nitrogen and oxygen atoms in total. The Bertz CT molecular complexity index is 7150. The molecule has 0 fully saturated rings. The zero-order chi connectivity index (χ0) is 99.0. The molecule has 0 saturated heterocycles. The molecule has 16 rings (SSSR count). The van der Waals surface area contributed by atoms with E-state index in [1.165, 1.54) is 109 Å². The lowest BCUT2D eigenvalue weighted by molar-refractivity contribution is -0.0425. The van der Waals surface area contributed by atoms with Crippen LogP contribution in [-0.2, 0) is 0 Å². The minimum Gasteiger partial charge on any atom is -0.508 e. The van der Waals surface area contributed by atoms with Crippen LogP contribution in [0.4, 0.5) is 22.7 Å². The molecule has 0 bridgehead atoms. The molecule has 8 aromatic carbocycles. The largest absolute Gasteiger partial charge is 0.508 e. The monoisotopic (exact) mass is 1960 g/mol. The standard InChI is InChI=1S/C106H100N10O20S4/c1-55(9-5-37-107-103(137)111-59-13-25-71(83(43-59)99(125)126)95-75-29-17-63(117)47-87(75)133-88-48-64(118)18-30-76(88)95)115(56(2)10-6-38-108-104(138)112-60-14-26-72(84(44-60)100(127)128)96-77-31-19-65(119)49-89(77)134-90-50-66(120)20-32-78(90)96)41-42-116(57(3)11-7-39-109-105(139)113-61-15-27-73(85(45-61)101(129)130)97-79-33-21-67(121)51-91(79)135-92-52-68(122)22-34-80(92)97)58(4)12-8-40-110-106(140)114-62-16-28-74(86(46-62)102(131)132)98-81-35-23-69(123)53-93(81)136-94-54-70(124)24-36-82(94)98/h13-36,43-58,99-100,117,119,121,123,125-128H,5-12,37-42H2,1-4H3,(H,129,130)(H,131,132)(H2,107,111,137)(H2,108,112,138)(H2,109,113,139)(H2,110,114,140). The van der Waals surface area contributed by atoms with E-state index in [4.69, 9.17) is 66.5 Å². The topological polar surface area (TPSA) is 460 Å². The summed E-state index contributed by atoms with van der Waals surface area (Å²) >= 11 is 23.5. The van der Waals surface area contributed by atoms with Gasteiger partial charge in [-0.05, 0) is 296 Å². The number of carboxylic acid groups (broad SMARTS) is 2. The highest BCUT2D eigenvalue weighted by Crippen LogP contribution is 2.49. The third-order valence-corrected chi connectivity index (χ3v) is 26.2. The van der Waals surface area contributed by atoms with E-state index in [1.807, 2.05) is 0 Å². The highest BCUT2D eigenvalue weighted by molar-refractivity contribution is 7.81. The molecule has 34 heteroatoms. The Morgan fingerprint density at radius 1 is 0.307 bits per heavy atom. The van der Waals surface area contributed by atoms with E-state index in [-0.39, 0.29) is 157 Å². The van der Waals surface area contributed by atoms with Gasteiger partial charge in [0.15, 0.2) is 54.7 Å². The maximum absolute atomic E-state index is 13.2. The van der Waals surface area contributed by atoms with E-state index < -0.39 is 24.5 Å². The number of nitrogens with zero attached hydrogens (tertiary/aromatic N) is 2. The summed E-state index contributed by atoms with van der Waals surface area (Å²) in [5.41, 5.74) is 7.44. The Kier molecular flexibility index (Phi) is 30.2. The van der Waals surface area contributed by atoms with Crippen molar-refractivity contribution >= 4 is 148 Å². The first-order valence-corrected chi connectivity index (χ1v) is 47.1. The minimum absolute atomic E-state index is 0.00682. The highest BCUT2D eigenvalue weighted by Gasteiger charge is 2.31. The second kappa shape index (κ2) is 43.1. The second-order valence-electron chi connectivity index (χ2n) is 34.7. The van der Waals surface area contributed by atoms with Crippen molar-refractivity contribution in [2.24, 2.45) is 0 Å². The number of carbonyl (C=O) groups is 2. The molecule has 4 aliphatic carbocycles. The van der Waals surface area contributed by atoms with E-state index in [2.05, 4.69) is 80.0 Å². The molecule has 0 radical (unpaired) electrons. The van der Waals surface area contributed by atoms with E-state index >= 15 is 0 Å². The molecular weight excluding hydrogens is 1860 g/mol. The van der Waals surface area contributed by atoms with Crippen LogP contribution < -0.4 is 64.2 Å². The van der Waals surface area contributed by atoms with Crippen LogP contribution in [0.3, 0.4) is 0 Å². The highest BCUT2D eigenvalue weighted by atomic mass is 32.1. The molecule has 0 amide bonds. The van der Waals surface area contributed by atoms with Crippen molar-refractivity contribution in [2.75, 3.05) is 60.5 Å².